The van der Waals surface area contributed by atoms with Gasteiger partial charge in [-0.15, -0.1) is 0 Å². The van der Waals surface area contributed by atoms with Gasteiger partial charge < -0.3 is 15.6 Å². The summed E-state index contributed by atoms with van der Waals surface area (Å²) >= 11 is 0. The number of hydrogen-bond acceptors (Lipinski definition) is 3. The highest BCUT2D eigenvalue weighted by Gasteiger charge is 2.21. The number of ether oxygens (including phenoxy) is 1. The molecule has 12 heavy (non-hydrogen) atoms. The largest absolute Gasteiger partial charge is 0.444 e. The van der Waals surface area contributed by atoms with Gasteiger partial charge in [0.1, 0.15) is 5.60 Å². The molecule has 0 aromatic rings. The van der Waals surface area contributed by atoms with Gasteiger partial charge in [-0.05, 0) is 33.6 Å². The SMILES string of the molecule is C[C@@H](O)CCC(C)(C)OC(N)=O. The average Bonchev–Trinajstić information content (AvgIpc) is 1.81. The first-order chi connectivity index (χ1) is 5.33. The molecule has 3 N–H and O–H groups in total. The minimum atomic E-state index is -0.773. The lowest BCUT2D eigenvalue weighted by molar-refractivity contribution is 0.0275. The predicted octanol–water partition coefficient (Wildman–Crippen LogP) is 1.02. The predicted molar refractivity (Wildman–Crippen MR) is 45.7 cm³/mol. The fourth-order valence-corrected chi connectivity index (χ4v) is 0.880. The van der Waals surface area contributed by atoms with Crippen LogP contribution >= 0.6 is 0 Å². The third-order valence-corrected chi connectivity index (χ3v) is 1.54. The van der Waals surface area contributed by atoms with E-state index in [-0.39, 0.29) is 6.10 Å². The molecule has 0 saturated carbocycles. The molecule has 0 spiro atoms. The number of primary amides is 1. The Bertz CT molecular complexity index is 154. The van der Waals surface area contributed by atoms with Crippen LogP contribution in [0.2, 0.25) is 0 Å². The van der Waals surface area contributed by atoms with Crippen molar-refractivity contribution < 1.29 is 14.6 Å². The van der Waals surface area contributed by atoms with Gasteiger partial charge in [0, 0.05) is 0 Å². The Labute approximate surface area is 72.7 Å². The molecule has 0 unspecified atom stereocenters. The van der Waals surface area contributed by atoms with Gasteiger partial charge in [-0.2, -0.15) is 0 Å². The van der Waals surface area contributed by atoms with E-state index in [0.717, 1.165) is 0 Å². The third-order valence-electron chi connectivity index (χ3n) is 1.54. The lowest BCUT2D eigenvalue weighted by Gasteiger charge is -2.24. The summed E-state index contributed by atoms with van der Waals surface area (Å²) in [6.07, 6.45) is 0.0554. The fraction of sp³-hybridized carbons (Fsp3) is 0.875. The Hall–Kier alpha value is -0.770. The van der Waals surface area contributed by atoms with E-state index in [1.165, 1.54) is 0 Å². The zero-order valence-electron chi connectivity index (χ0n) is 7.83. The lowest BCUT2D eigenvalue weighted by atomic mass is 10.0. The van der Waals surface area contributed by atoms with Crippen molar-refractivity contribution in [2.45, 2.75) is 45.3 Å². The van der Waals surface area contributed by atoms with E-state index in [9.17, 15) is 4.79 Å². The van der Waals surface area contributed by atoms with Crippen molar-refractivity contribution in [3.05, 3.63) is 0 Å². The molecule has 1 atom stereocenters. The molecule has 0 heterocycles. The molecule has 0 aliphatic rings. The van der Waals surface area contributed by atoms with Crippen LogP contribution < -0.4 is 5.73 Å². The second-order valence-corrected chi connectivity index (χ2v) is 3.57. The van der Waals surface area contributed by atoms with E-state index in [0.29, 0.717) is 12.8 Å². The molecule has 0 aromatic carbocycles. The minimum Gasteiger partial charge on any atom is -0.444 e. The first kappa shape index (κ1) is 11.2. The van der Waals surface area contributed by atoms with Crippen LogP contribution in [-0.2, 0) is 4.74 Å². The van der Waals surface area contributed by atoms with Gasteiger partial charge in [-0.1, -0.05) is 0 Å². The molecule has 4 heteroatoms. The maximum atomic E-state index is 10.4. The van der Waals surface area contributed by atoms with Crippen LogP contribution in [-0.4, -0.2) is 22.9 Å². The molecular weight excluding hydrogens is 158 g/mol. The number of amides is 1. The van der Waals surface area contributed by atoms with E-state index in [2.05, 4.69) is 0 Å². The van der Waals surface area contributed by atoms with Crippen molar-refractivity contribution in [2.24, 2.45) is 5.73 Å². The van der Waals surface area contributed by atoms with Crippen LogP contribution in [0, 0.1) is 0 Å². The first-order valence-electron chi connectivity index (χ1n) is 4.00. The highest BCUT2D eigenvalue weighted by Crippen LogP contribution is 2.17. The number of nitrogens with two attached hydrogens (primary N) is 1. The smallest absolute Gasteiger partial charge is 0.405 e. The van der Waals surface area contributed by atoms with Crippen LogP contribution in [0.5, 0.6) is 0 Å². The lowest BCUT2D eigenvalue weighted by Crippen LogP contribution is -2.31. The highest BCUT2D eigenvalue weighted by molar-refractivity contribution is 5.65. The van der Waals surface area contributed by atoms with Gasteiger partial charge in [0.05, 0.1) is 6.10 Å². The van der Waals surface area contributed by atoms with Gasteiger partial charge >= 0.3 is 6.09 Å². The first-order valence-corrected chi connectivity index (χ1v) is 4.00. The molecule has 0 bridgehead atoms. The molecular formula is C8H17NO3. The summed E-state index contributed by atoms with van der Waals surface area (Å²) in [5.41, 5.74) is 4.28. The van der Waals surface area contributed by atoms with Gasteiger partial charge in [0.2, 0.25) is 0 Å². The number of rotatable bonds is 4. The van der Waals surface area contributed by atoms with Gasteiger partial charge in [0.25, 0.3) is 0 Å². The summed E-state index contributed by atoms with van der Waals surface area (Å²) in [7, 11) is 0. The van der Waals surface area contributed by atoms with Gasteiger partial charge in [0.15, 0.2) is 0 Å². The Morgan fingerprint density at radius 2 is 2.17 bits per heavy atom. The summed E-state index contributed by atoms with van der Waals surface area (Å²) < 4.78 is 4.82. The molecule has 0 aliphatic carbocycles. The topological polar surface area (TPSA) is 72.6 Å². The maximum Gasteiger partial charge on any atom is 0.405 e. The van der Waals surface area contributed by atoms with E-state index < -0.39 is 11.7 Å². The molecule has 0 saturated heterocycles. The summed E-state index contributed by atoms with van der Waals surface area (Å²) in [6, 6.07) is 0. The van der Waals surface area contributed by atoms with E-state index >= 15 is 0 Å². The van der Waals surface area contributed by atoms with E-state index in [1.807, 2.05) is 0 Å². The zero-order chi connectivity index (χ0) is 9.78. The van der Waals surface area contributed by atoms with Crippen LogP contribution in [0.25, 0.3) is 0 Å². The standard InChI is InChI=1S/C8H17NO3/c1-6(10)4-5-8(2,3)12-7(9)11/h6,10H,4-5H2,1-3H3,(H2,9,11)/t6-/m1/s1. The van der Waals surface area contributed by atoms with Crippen molar-refractivity contribution >= 4 is 6.09 Å². The monoisotopic (exact) mass is 175 g/mol. The summed E-state index contributed by atoms with van der Waals surface area (Å²) in [6.45, 7) is 5.22. The van der Waals surface area contributed by atoms with Crippen LogP contribution in [0.15, 0.2) is 0 Å². The third kappa shape index (κ3) is 5.97. The van der Waals surface area contributed by atoms with E-state index in [4.69, 9.17) is 15.6 Å². The number of hydrogen-bond donors (Lipinski definition) is 2. The molecule has 0 radical (unpaired) electrons. The number of aliphatic hydroxyl groups excluding tert-OH is 1. The zero-order valence-corrected chi connectivity index (χ0v) is 7.83. The minimum absolute atomic E-state index is 0.374. The molecule has 0 aromatic heterocycles. The van der Waals surface area contributed by atoms with Crippen LogP contribution in [0.1, 0.15) is 33.6 Å². The summed E-state index contributed by atoms with van der Waals surface area (Å²) in [5, 5.41) is 8.98. The fourth-order valence-electron chi connectivity index (χ4n) is 0.880. The van der Waals surface area contributed by atoms with Crippen LogP contribution in [0.4, 0.5) is 4.79 Å². The number of carbonyl (C=O) groups excluding carboxylic acids is 1. The quantitative estimate of drug-likeness (QED) is 0.670. The normalized spacial score (nSPS) is 14.0. The summed E-state index contributed by atoms with van der Waals surface area (Å²) in [5.74, 6) is 0. The van der Waals surface area contributed by atoms with Gasteiger partial charge in [-0.25, -0.2) is 4.79 Å². The molecule has 4 nitrogen and oxygen atoms in total. The Morgan fingerprint density at radius 3 is 2.50 bits per heavy atom. The second kappa shape index (κ2) is 4.30. The summed E-state index contributed by atoms with van der Waals surface area (Å²) in [4.78, 5) is 10.4. The molecule has 0 aliphatic heterocycles. The van der Waals surface area contributed by atoms with Crippen molar-refractivity contribution in [3.63, 3.8) is 0 Å². The highest BCUT2D eigenvalue weighted by atomic mass is 16.6. The molecule has 1 amide bonds. The van der Waals surface area contributed by atoms with Crippen molar-refractivity contribution in [2.75, 3.05) is 0 Å². The van der Waals surface area contributed by atoms with Crippen LogP contribution in [0.3, 0.4) is 0 Å². The number of aliphatic hydroxyl groups is 1. The second-order valence-electron chi connectivity index (χ2n) is 3.57. The molecule has 72 valence electrons. The van der Waals surface area contributed by atoms with Gasteiger partial charge in [-0.3, -0.25) is 0 Å². The Balaban J connectivity index is 3.78. The van der Waals surface area contributed by atoms with Crippen molar-refractivity contribution in [1.82, 2.24) is 0 Å². The van der Waals surface area contributed by atoms with Crippen molar-refractivity contribution in [3.8, 4) is 0 Å². The van der Waals surface area contributed by atoms with Crippen molar-refractivity contribution in [1.29, 1.82) is 0 Å². The Kier molecular flexibility index (Phi) is 4.03. The molecule has 0 rings (SSSR count). The Morgan fingerprint density at radius 1 is 1.67 bits per heavy atom. The van der Waals surface area contributed by atoms with E-state index in [1.54, 1.807) is 20.8 Å². The maximum absolute atomic E-state index is 10.4. The number of carbonyl (C=O) groups is 1. The average molecular weight is 175 g/mol. The molecule has 0 fully saturated rings.